The Morgan fingerprint density at radius 1 is 0.972 bits per heavy atom. The van der Waals surface area contributed by atoms with Crippen LogP contribution in [0.3, 0.4) is 0 Å². The summed E-state index contributed by atoms with van der Waals surface area (Å²) in [5, 5.41) is 0.548. The number of aromatic nitrogens is 4. The van der Waals surface area contributed by atoms with Crippen LogP contribution in [0.15, 0.2) is 58.1 Å². The maximum atomic E-state index is 14.1. The molecule has 4 aromatic rings. The highest BCUT2D eigenvalue weighted by Gasteiger charge is 2.28. The Morgan fingerprint density at radius 3 is 2.33 bits per heavy atom. The molecular formula is C25H24ClFN6O3. The van der Waals surface area contributed by atoms with E-state index in [1.807, 2.05) is 23.1 Å². The second-order valence-corrected chi connectivity index (χ2v) is 9.13. The number of hydrogen-bond acceptors (Lipinski definition) is 5. The van der Waals surface area contributed by atoms with Crippen LogP contribution in [0.1, 0.15) is 15.9 Å². The van der Waals surface area contributed by atoms with Gasteiger partial charge in [-0.2, -0.15) is 4.98 Å². The fourth-order valence-corrected chi connectivity index (χ4v) is 4.73. The smallest absolute Gasteiger partial charge is 0.332 e. The molecule has 0 spiro atoms. The molecule has 0 saturated carbocycles. The molecule has 186 valence electrons. The Balaban J connectivity index is 1.53. The van der Waals surface area contributed by atoms with Crippen molar-refractivity contribution in [2.45, 2.75) is 6.54 Å². The van der Waals surface area contributed by atoms with Crippen LogP contribution in [-0.4, -0.2) is 55.7 Å². The first-order valence-electron chi connectivity index (χ1n) is 11.5. The Labute approximate surface area is 210 Å². The lowest BCUT2D eigenvalue weighted by Crippen LogP contribution is -2.49. The number of halogens is 2. The van der Waals surface area contributed by atoms with Gasteiger partial charge in [-0.15, -0.1) is 0 Å². The van der Waals surface area contributed by atoms with E-state index in [1.165, 1.54) is 23.7 Å². The number of benzene rings is 2. The number of rotatable bonds is 4. The summed E-state index contributed by atoms with van der Waals surface area (Å²) < 4.78 is 18.3. The Morgan fingerprint density at radius 2 is 1.64 bits per heavy atom. The van der Waals surface area contributed by atoms with E-state index in [0.29, 0.717) is 42.7 Å². The molecular weight excluding hydrogens is 487 g/mol. The van der Waals surface area contributed by atoms with Crippen molar-refractivity contribution < 1.29 is 9.18 Å². The van der Waals surface area contributed by atoms with Gasteiger partial charge < -0.3 is 9.80 Å². The molecule has 1 aliphatic heterocycles. The molecule has 1 fully saturated rings. The van der Waals surface area contributed by atoms with Crippen LogP contribution < -0.4 is 16.1 Å². The molecule has 1 amide bonds. The number of amides is 1. The van der Waals surface area contributed by atoms with Gasteiger partial charge in [0.2, 0.25) is 5.95 Å². The van der Waals surface area contributed by atoms with Crippen LogP contribution in [-0.2, 0) is 20.6 Å². The first-order chi connectivity index (χ1) is 17.3. The molecule has 0 atom stereocenters. The van der Waals surface area contributed by atoms with Crippen molar-refractivity contribution >= 4 is 34.6 Å². The Kier molecular flexibility index (Phi) is 6.13. The molecule has 1 saturated heterocycles. The highest BCUT2D eigenvalue weighted by Crippen LogP contribution is 2.25. The monoisotopic (exact) mass is 510 g/mol. The van der Waals surface area contributed by atoms with E-state index < -0.39 is 17.1 Å². The minimum atomic E-state index is -0.553. The zero-order valence-corrected chi connectivity index (χ0v) is 20.6. The molecule has 2 aromatic carbocycles. The van der Waals surface area contributed by atoms with Crippen LogP contribution in [0.5, 0.6) is 0 Å². The van der Waals surface area contributed by atoms with E-state index in [2.05, 4.69) is 0 Å². The summed E-state index contributed by atoms with van der Waals surface area (Å²) in [7, 11) is 3.01. The van der Waals surface area contributed by atoms with Crippen molar-refractivity contribution in [3.05, 3.63) is 91.3 Å². The SMILES string of the molecule is Cn1c(=O)c2c(nc(N3CCN(C(=O)c4ccccc4F)CC3)n2Cc2ccccc2Cl)n(C)c1=O. The number of carbonyl (C=O) groups excluding carboxylic acids is 1. The van der Waals surface area contributed by atoms with Crippen LogP contribution in [0, 0.1) is 5.82 Å². The van der Waals surface area contributed by atoms with Gasteiger partial charge in [0.15, 0.2) is 11.2 Å². The minimum Gasteiger partial charge on any atom is -0.339 e. The molecule has 0 radical (unpaired) electrons. The van der Waals surface area contributed by atoms with E-state index in [0.717, 1.165) is 10.1 Å². The van der Waals surface area contributed by atoms with Crippen LogP contribution in [0.25, 0.3) is 11.2 Å². The van der Waals surface area contributed by atoms with Crippen LogP contribution >= 0.6 is 11.6 Å². The highest BCUT2D eigenvalue weighted by molar-refractivity contribution is 6.31. The van der Waals surface area contributed by atoms with E-state index in [4.69, 9.17) is 16.6 Å². The third kappa shape index (κ3) is 3.97. The quantitative estimate of drug-likeness (QED) is 0.420. The van der Waals surface area contributed by atoms with Gasteiger partial charge in [-0.05, 0) is 23.8 Å². The van der Waals surface area contributed by atoms with Crippen molar-refractivity contribution in [3.63, 3.8) is 0 Å². The van der Waals surface area contributed by atoms with Gasteiger partial charge in [0.25, 0.3) is 11.5 Å². The number of nitrogens with zero attached hydrogens (tertiary/aromatic N) is 6. The average Bonchev–Trinajstić information content (AvgIpc) is 3.27. The third-order valence-corrected chi connectivity index (χ3v) is 6.94. The third-order valence-electron chi connectivity index (χ3n) is 6.57. The molecule has 1 aliphatic rings. The lowest BCUT2D eigenvalue weighted by Gasteiger charge is -2.35. The topological polar surface area (TPSA) is 85.4 Å². The lowest BCUT2D eigenvalue weighted by molar-refractivity contribution is 0.0741. The molecule has 5 rings (SSSR count). The molecule has 36 heavy (non-hydrogen) atoms. The number of fused-ring (bicyclic) bond motifs is 1. The maximum absolute atomic E-state index is 14.1. The molecule has 11 heteroatoms. The van der Waals surface area contributed by atoms with Crippen molar-refractivity contribution in [1.29, 1.82) is 0 Å². The summed E-state index contributed by atoms with van der Waals surface area (Å²) in [6.45, 7) is 1.80. The first-order valence-corrected chi connectivity index (χ1v) is 11.8. The zero-order chi connectivity index (χ0) is 25.6. The summed E-state index contributed by atoms with van der Waals surface area (Å²) in [6.07, 6.45) is 0. The number of aryl methyl sites for hydroxylation is 1. The van der Waals surface area contributed by atoms with E-state index >= 15 is 0 Å². The van der Waals surface area contributed by atoms with Crippen molar-refractivity contribution in [3.8, 4) is 0 Å². The second kappa shape index (κ2) is 9.27. The van der Waals surface area contributed by atoms with Crippen molar-refractivity contribution in [2.75, 3.05) is 31.1 Å². The highest BCUT2D eigenvalue weighted by atomic mass is 35.5. The van der Waals surface area contributed by atoms with Gasteiger partial charge in [-0.3, -0.25) is 23.3 Å². The van der Waals surface area contributed by atoms with Gasteiger partial charge in [0.1, 0.15) is 5.82 Å². The van der Waals surface area contributed by atoms with Crippen LogP contribution in [0.2, 0.25) is 5.02 Å². The van der Waals surface area contributed by atoms with Crippen molar-refractivity contribution in [2.24, 2.45) is 14.1 Å². The largest absolute Gasteiger partial charge is 0.339 e. The predicted molar refractivity (Wildman–Crippen MR) is 135 cm³/mol. The molecule has 0 unspecified atom stereocenters. The standard InChI is InChI=1S/C25H24ClFN6O3/c1-29-21-20(23(35)30(2)25(29)36)33(15-16-7-3-5-9-18(16)26)24(28-21)32-13-11-31(12-14-32)22(34)17-8-4-6-10-19(17)27/h3-10H,11-15H2,1-2H3. The summed E-state index contributed by atoms with van der Waals surface area (Å²) in [4.78, 5) is 46.9. The van der Waals surface area contributed by atoms with Gasteiger partial charge in [-0.1, -0.05) is 41.9 Å². The number of hydrogen-bond donors (Lipinski definition) is 0. The van der Waals surface area contributed by atoms with Crippen LogP contribution in [0.4, 0.5) is 10.3 Å². The zero-order valence-electron chi connectivity index (χ0n) is 19.8. The van der Waals surface area contributed by atoms with Gasteiger partial charge in [-0.25, -0.2) is 9.18 Å². The van der Waals surface area contributed by atoms with Gasteiger partial charge >= 0.3 is 5.69 Å². The summed E-state index contributed by atoms with van der Waals surface area (Å²) >= 11 is 6.42. The molecule has 2 aromatic heterocycles. The first kappa shape index (κ1) is 23.8. The molecule has 9 nitrogen and oxygen atoms in total. The van der Waals surface area contributed by atoms with Gasteiger partial charge in [0.05, 0.1) is 12.1 Å². The van der Waals surface area contributed by atoms with E-state index in [9.17, 15) is 18.8 Å². The molecule has 0 bridgehead atoms. The van der Waals surface area contributed by atoms with Crippen molar-refractivity contribution in [1.82, 2.24) is 23.6 Å². The number of imidazole rings is 1. The number of anilines is 1. The molecule has 0 aliphatic carbocycles. The Bertz CT molecular complexity index is 1600. The summed E-state index contributed by atoms with van der Waals surface area (Å²) in [5.41, 5.74) is 0.475. The fourth-order valence-electron chi connectivity index (χ4n) is 4.54. The Hall–Kier alpha value is -3.92. The predicted octanol–water partition coefficient (Wildman–Crippen LogP) is 2.24. The maximum Gasteiger partial charge on any atom is 0.332 e. The number of piperazine rings is 1. The normalized spacial score (nSPS) is 14.0. The minimum absolute atomic E-state index is 0.0374. The number of carbonyl (C=O) groups is 1. The van der Waals surface area contributed by atoms with E-state index in [-0.39, 0.29) is 23.7 Å². The lowest BCUT2D eigenvalue weighted by atomic mass is 10.1. The van der Waals surface area contributed by atoms with Gasteiger partial charge in [0, 0.05) is 45.3 Å². The van der Waals surface area contributed by atoms with E-state index in [1.54, 1.807) is 34.7 Å². The summed E-state index contributed by atoms with van der Waals surface area (Å²) in [6, 6.07) is 13.3. The fraction of sp³-hybridized carbons (Fsp3) is 0.280. The second-order valence-electron chi connectivity index (χ2n) is 8.73. The molecule has 3 heterocycles. The molecule has 0 N–H and O–H groups in total. The summed E-state index contributed by atoms with van der Waals surface area (Å²) in [5.74, 6) is -0.418. The average molecular weight is 511 g/mol.